The number of hydrogen-bond donors (Lipinski definition) is 1. The van der Waals surface area contributed by atoms with Gasteiger partial charge in [-0.25, -0.2) is 0 Å². The number of ether oxygens (including phenoxy) is 1. The number of carbonyl (C=O) groups excluding carboxylic acids is 1. The van der Waals surface area contributed by atoms with Crippen molar-refractivity contribution in [1.29, 1.82) is 0 Å². The van der Waals surface area contributed by atoms with E-state index in [0.29, 0.717) is 6.54 Å². The van der Waals surface area contributed by atoms with Gasteiger partial charge in [0.2, 0.25) is 5.91 Å². The largest absolute Gasteiger partial charge is 0.488 e. The number of β-amino-alcohol motifs (C(OH)–C–C–N with tert-alkyl or cyclic N) is 1. The molecule has 1 atom stereocenters. The molecular formula is C14H19NO3. The molecule has 0 radical (unpaired) electrons. The summed E-state index contributed by atoms with van der Waals surface area (Å²) in [6.45, 7) is 6.34. The molecular weight excluding hydrogens is 230 g/mol. The molecule has 98 valence electrons. The second kappa shape index (κ2) is 4.61. The summed E-state index contributed by atoms with van der Waals surface area (Å²) >= 11 is 0. The Hall–Kier alpha value is -1.55. The fourth-order valence-corrected chi connectivity index (χ4v) is 1.99. The van der Waals surface area contributed by atoms with Crippen molar-refractivity contribution in [2.45, 2.75) is 38.9 Å². The van der Waals surface area contributed by atoms with Crippen molar-refractivity contribution in [3.63, 3.8) is 0 Å². The molecule has 1 aliphatic heterocycles. The Morgan fingerprint density at radius 2 is 1.89 bits per heavy atom. The van der Waals surface area contributed by atoms with Crippen molar-refractivity contribution in [3.05, 3.63) is 24.3 Å². The third kappa shape index (κ3) is 3.01. The van der Waals surface area contributed by atoms with E-state index >= 15 is 0 Å². The van der Waals surface area contributed by atoms with Gasteiger partial charge in [-0.15, -0.1) is 0 Å². The molecule has 1 N–H and O–H groups in total. The van der Waals surface area contributed by atoms with Gasteiger partial charge in [0.1, 0.15) is 11.4 Å². The molecule has 1 aromatic carbocycles. The second-order valence-corrected chi connectivity index (χ2v) is 5.57. The van der Waals surface area contributed by atoms with Gasteiger partial charge in [0.05, 0.1) is 19.1 Å². The van der Waals surface area contributed by atoms with Crippen molar-refractivity contribution in [2.75, 3.05) is 11.4 Å². The van der Waals surface area contributed by atoms with E-state index in [4.69, 9.17) is 4.74 Å². The molecule has 1 fully saturated rings. The van der Waals surface area contributed by atoms with Crippen LogP contribution in [-0.4, -0.2) is 29.3 Å². The maximum absolute atomic E-state index is 11.6. The van der Waals surface area contributed by atoms with Crippen molar-refractivity contribution >= 4 is 11.6 Å². The lowest BCUT2D eigenvalue weighted by Crippen LogP contribution is -2.25. The molecule has 1 heterocycles. The molecule has 1 saturated heterocycles. The summed E-state index contributed by atoms with van der Waals surface area (Å²) in [7, 11) is 0. The highest BCUT2D eigenvalue weighted by Crippen LogP contribution is 2.25. The number of hydrogen-bond acceptors (Lipinski definition) is 3. The van der Waals surface area contributed by atoms with E-state index in [-0.39, 0.29) is 17.9 Å². The first-order valence-corrected chi connectivity index (χ1v) is 6.13. The van der Waals surface area contributed by atoms with Crippen LogP contribution < -0.4 is 9.64 Å². The van der Waals surface area contributed by atoms with Crippen LogP contribution in [0.3, 0.4) is 0 Å². The van der Waals surface area contributed by atoms with E-state index in [9.17, 15) is 9.90 Å². The topological polar surface area (TPSA) is 49.8 Å². The smallest absolute Gasteiger partial charge is 0.229 e. The average Bonchev–Trinajstić information content (AvgIpc) is 2.57. The molecule has 0 bridgehead atoms. The first-order valence-electron chi connectivity index (χ1n) is 6.13. The van der Waals surface area contributed by atoms with Gasteiger partial charge >= 0.3 is 0 Å². The number of amides is 1. The predicted octanol–water partition coefficient (Wildman–Crippen LogP) is 1.96. The van der Waals surface area contributed by atoms with E-state index in [1.807, 2.05) is 45.0 Å². The standard InChI is InChI=1S/C14H19NO3/c1-14(2,3)18-12-6-4-10(5-7-12)15-9-11(16)8-13(15)17/h4-7,11,16H,8-9H2,1-3H3. The highest BCUT2D eigenvalue weighted by Gasteiger charge is 2.28. The lowest BCUT2D eigenvalue weighted by Gasteiger charge is -2.22. The first kappa shape index (κ1) is 12.9. The van der Waals surface area contributed by atoms with Crippen LogP contribution in [0, 0.1) is 0 Å². The molecule has 1 aliphatic rings. The summed E-state index contributed by atoms with van der Waals surface area (Å²) in [5, 5.41) is 9.45. The molecule has 18 heavy (non-hydrogen) atoms. The molecule has 1 aromatic rings. The average molecular weight is 249 g/mol. The van der Waals surface area contributed by atoms with Crippen LogP contribution in [0.5, 0.6) is 5.75 Å². The first-order chi connectivity index (χ1) is 8.35. The third-order valence-electron chi connectivity index (χ3n) is 2.68. The zero-order valence-electron chi connectivity index (χ0n) is 11.0. The number of benzene rings is 1. The lowest BCUT2D eigenvalue weighted by molar-refractivity contribution is -0.117. The number of nitrogens with zero attached hydrogens (tertiary/aromatic N) is 1. The number of aliphatic hydroxyl groups excluding tert-OH is 1. The summed E-state index contributed by atoms with van der Waals surface area (Å²) in [6, 6.07) is 7.38. The van der Waals surface area contributed by atoms with Crippen molar-refractivity contribution in [2.24, 2.45) is 0 Å². The van der Waals surface area contributed by atoms with Gasteiger partial charge in [0, 0.05) is 5.69 Å². The summed E-state index contributed by atoms with van der Waals surface area (Å²) < 4.78 is 5.71. The van der Waals surface area contributed by atoms with Crippen LogP contribution in [0.15, 0.2) is 24.3 Å². The summed E-state index contributed by atoms with van der Waals surface area (Å²) in [5.41, 5.74) is 0.569. The molecule has 1 amide bonds. The Morgan fingerprint density at radius 3 is 2.33 bits per heavy atom. The van der Waals surface area contributed by atoms with E-state index in [0.717, 1.165) is 11.4 Å². The Kier molecular flexibility index (Phi) is 3.30. The zero-order chi connectivity index (χ0) is 13.3. The molecule has 4 heteroatoms. The number of rotatable bonds is 2. The van der Waals surface area contributed by atoms with Crippen LogP contribution in [0.25, 0.3) is 0 Å². The van der Waals surface area contributed by atoms with Gasteiger partial charge in [0.15, 0.2) is 0 Å². The van der Waals surface area contributed by atoms with Gasteiger partial charge in [-0.05, 0) is 45.0 Å². The SMILES string of the molecule is CC(C)(C)Oc1ccc(N2CC(O)CC2=O)cc1. The van der Waals surface area contributed by atoms with Gasteiger partial charge in [-0.1, -0.05) is 0 Å². The fourth-order valence-electron chi connectivity index (χ4n) is 1.99. The minimum absolute atomic E-state index is 0.0352. The van der Waals surface area contributed by atoms with Crippen LogP contribution in [0.4, 0.5) is 5.69 Å². The molecule has 0 spiro atoms. The number of carbonyl (C=O) groups is 1. The minimum atomic E-state index is -0.553. The van der Waals surface area contributed by atoms with E-state index in [2.05, 4.69) is 0 Å². The number of anilines is 1. The molecule has 4 nitrogen and oxygen atoms in total. The third-order valence-corrected chi connectivity index (χ3v) is 2.68. The predicted molar refractivity (Wildman–Crippen MR) is 69.8 cm³/mol. The molecule has 0 aromatic heterocycles. The highest BCUT2D eigenvalue weighted by atomic mass is 16.5. The van der Waals surface area contributed by atoms with Crippen molar-refractivity contribution in [1.82, 2.24) is 0 Å². The van der Waals surface area contributed by atoms with Crippen LogP contribution in [0.2, 0.25) is 0 Å². The molecule has 1 unspecified atom stereocenters. The van der Waals surface area contributed by atoms with Gasteiger partial charge < -0.3 is 14.7 Å². The van der Waals surface area contributed by atoms with Gasteiger partial charge in [-0.2, -0.15) is 0 Å². The zero-order valence-corrected chi connectivity index (χ0v) is 11.0. The normalized spacial score (nSPS) is 20.3. The van der Waals surface area contributed by atoms with Crippen LogP contribution >= 0.6 is 0 Å². The molecule has 2 rings (SSSR count). The summed E-state index contributed by atoms with van der Waals surface area (Å²) in [6.07, 6.45) is -0.344. The quantitative estimate of drug-likeness (QED) is 0.871. The molecule has 0 aliphatic carbocycles. The van der Waals surface area contributed by atoms with Gasteiger partial charge in [-0.3, -0.25) is 4.79 Å². The molecule has 0 saturated carbocycles. The minimum Gasteiger partial charge on any atom is -0.488 e. The fraction of sp³-hybridized carbons (Fsp3) is 0.500. The Balaban J connectivity index is 2.11. The lowest BCUT2D eigenvalue weighted by atomic mass is 10.2. The van der Waals surface area contributed by atoms with Crippen molar-refractivity contribution in [3.8, 4) is 5.75 Å². The maximum Gasteiger partial charge on any atom is 0.229 e. The number of aliphatic hydroxyl groups is 1. The van der Waals surface area contributed by atoms with E-state index < -0.39 is 6.10 Å². The monoisotopic (exact) mass is 249 g/mol. The second-order valence-electron chi connectivity index (χ2n) is 5.57. The van der Waals surface area contributed by atoms with Crippen LogP contribution in [0.1, 0.15) is 27.2 Å². The maximum atomic E-state index is 11.6. The van der Waals surface area contributed by atoms with Crippen molar-refractivity contribution < 1.29 is 14.6 Å². The summed E-state index contributed by atoms with van der Waals surface area (Å²) in [4.78, 5) is 13.2. The Morgan fingerprint density at radius 1 is 1.28 bits per heavy atom. The Bertz CT molecular complexity index is 433. The van der Waals surface area contributed by atoms with Crippen LogP contribution in [-0.2, 0) is 4.79 Å². The van der Waals surface area contributed by atoms with E-state index in [1.54, 1.807) is 4.90 Å². The van der Waals surface area contributed by atoms with Gasteiger partial charge in [0.25, 0.3) is 0 Å². The summed E-state index contributed by atoms with van der Waals surface area (Å²) in [5.74, 6) is 0.741. The van der Waals surface area contributed by atoms with E-state index in [1.165, 1.54) is 0 Å². The Labute approximate surface area is 107 Å². The highest BCUT2D eigenvalue weighted by molar-refractivity contribution is 5.96.